The molecule has 0 aromatic carbocycles. The lowest BCUT2D eigenvalue weighted by Crippen LogP contribution is -2.37. The molecule has 0 spiro atoms. The number of hydrogen-bond donors (Lipinski definition) is 0. The Morgan fingerprint density at radius 1 is 0.193 bits per heavy atom. The quantitative estimate of drug-likeness (QED) is 0.0570. The molecule has 0 amide bonds. The Morgan fingerprint density at radius 2 is 0.368 bits per heavy atom. The maximum absolute atomic E-state index is 6.34. The number of rotatable bonds is 51. The molecule has 4 heteroatoms. The van der Waals surface area contributed by atoms with Crippen molar-refractivity contribution in [1.29, 1.82) is 0 Å². The average Bonchev–Trinajstić information content (AvgIpc) is 3.22. The Morgan fingerprint density at radius 3 is 0.596 bits per heavy atom. The Hall–Kier alpha value is -0.160. The van der Waals surface area contributed by atoms with E-state index in [1.54, 1.807) is 0 Å². The first-order valence-electron chi connectivity index (χ1n) is 27.0. The molecule has 0 unspecified atom stereocenters. The molecule has 344 valence electrons. The SMILES string of the molecule is CCCCCCCCCN(CCCCCCCCC)CCCOCCCN(CCCCCCCCC)CCN(CCCCCCCCC)CCCCCCCCC. The van der Waals surface area contributed by atoms with Crippen molar-refractivity contribution in [2.24, 2.45) is 0 Å². The summed E-state index contributed by atoms with van der Waals surface area (Å²) in [5.41, 5.74) is 0. The van der Waals surface area contributed by atoms with Crippen molar-refractivity contribution >= 4 is 0 Å². The van der Waals surface area contributed by atoms with E-state index < -0.39 is 0 Å². The molecule has 0 aromatic rings. The third-order valence-electron chi connectivity index (χ3n) is 12.6. The maximum Gasteiger partial charge on any atom is 0.0478 e. The highest BCUT2D eigenvalue weighted by Gasteiger charge is 2.11. The van der Waals surface area contributed by atoms with E-state index in [9.17, 15) is 0 Å². The second-order valence-corrected chi connectivity index (χ2v) is 18.5. The van der Waals surface area contributed by atoms with Gasteiger partial charge in [-0.2, -0.15) is 0 Å². The third-order valence-corrected chi connectivity index (χ3v) is 12.6. The van der Waals surface area contributed by atoms with Crippen LogP contribution in [0.1, 0.15) is 272 Å². The smallest absolute Gasteiger partial charge is 0.0478 e. The molecule has 0 aromatic heterocycles. The van der Waals surface area contributed by atoms with Gasteiger partial charge in [0.25, 0.3) is 0 Å². The number of hydrogen-bond acceptors (Lipinski definition) is 4. The Bertz CT molecular complexity index is 668. The van der Waals surface area contributed by atoms with Crippen LogP contribution in [-0.4, -0.2) is 86.8 Å². The van der Waals surface area contributed by atoms with E-state index in [1.165, 1.54) is 296 Å². The number of unbranched alkanes of at least 4 members (excludes halogenated alkanes) is 30. The largest absolute Gasteiger partial charge is 0.381 e. The van der Waals surface area contributed by atoms with Crippen LogP contribution in [0, 0.1) is 0 Å². The van der Waals surface area contributed by atoms with Gasteiger partial charge >= 0.3 is 0 Å². The molecule has 0 fully saturated rings. The highest BCUT2D eigenvalue weighted by atomic mass is 16.5. The molecular formula is C53H111N3O. The highest BCUT2D eigenvalue weighted by molar-refractivity contribution is 4.66. The summed E-state index contributed by atoms with van der Waals surface area (Å²) in [4.78, 5) is 8.47. The minimum Gasteiger partial charge on any atom is -0.381 e. The van der Waals surface area contributed by atoms with Gasteiger partial charge in [0.05, 0.1) is 0 Å². The summed E-state index contributed by atoms with van der Waals surface area (Å²) in [5, 5.41) is 0. The van der Waals surface area contributed by atoms with Gasteiger partial charge in [-0.05, 0) is 77.7 Å². The predicted octanol–water partition coefficient (Wildman–Crippen LogP) is 16.4. The molecule has 0 aliphatic heterocycles. The van der Waals surface area contributed by atoms with E-state index >= 15 is 0 Å². The van der Waals surface area contributed by atoms with E-state index in [2.05, 4.69) is 49.3 Å². The third kappa shape index (κ3) is 45.2. The molecule has 0 aliphatic rings. The molecule has 0 N–H and O–H groups in total. The molecule has 0 aliphatic carbocycles. The molecule has 0 saturated heterocycles. The van der Waals surface area contributed by atoms with Gasteiger partial charge < -0.3 is 19.4 Å². The predicted molar refractivity (Wildman–Crippen MR) is 259 cm³/mol. The zero-order valence-electron chi connectivity index (χ0n) is 40.7. The van der Waals surface area contributed by atoms with Crippen LogP contribution in [0.4, 0.5) is 0 Å². The first kappa shape index (κ1) is 56.8. The molecule has 0 rings (SSSR count). The van der Waals surface area contributed by atoms with E-state index in [1.807, 2.05) is 0 Å². The normalized spacial score (nSPS) is 12.0. The van der Waals surface area contributed by atoms with Crippen molar-refractivity contribution in [2.45, 2.75) is 272 Å². The summed E-state index contributed by atoms with van der Waals surface area (Å²) in [7, 11) is 0. The lowest BCUT2D eigenvalue weighted by Gasteiger charge is -2.28. The Kier molecular flexibility index (Phi) is 50.1. The first-order valence-corrected chi connectivity index (χ1v) is 27.0. The van der Waals surface area contributed by atoms with Crippen LogP contribution in [-0.2, 0) is 4.74 Å². The minimum atomic E-state index is 0.933. The van der Waals surface area contributed by atoms with Gasteiger partial charge in [-0.15, -0.1) is 0 Å². The van der Waals surface area contributed by atoms with Gasteiger partial charge in [0.15, 0.2) is 0 Å². The lowest BCUT2D eigenvalue weighted by molar-refractivity contribution is 0.106. The highest BCUT2D eigenvalue weighted by Crippen LogP contribution is 2.14. The average molecular weight is 806 g/mol. The Labute approximate surface area is 362 Å². The van der Waals surface area contributed by atoms with Crippen LogP contribution in [0.15, 0.2) is 0 Å². The van der Waals surface area contributed by atoms with Gasteiger partial charge in [0.1, 0.15) is 0 Å². The van der Waals surface area contributed by atoms with Crippen molar-refractivity contribution in [3.8, 4) is 0 Å². The second-order valence-electron chi connectivity index (χ2n) is 18.5. The van der Waals surface area contributed by atoms with E-state index in [0.29, 0.717) is 0 Å². The summed E-state index contributed by atoms with van der Waals surface area (Å²) in [6, 6.07) is 0. The topological polar surface area (TPSA) is 19.0 Å². The van der Waals surface area contributed by atoms with Gasteiger partial charge in [0, 0.05) is 39.4 Å². The second kappa shape index (κ2) is 50.2. The molecule has 0 radical (unpaired) electrons. The van der Waals surface area contributed by atoms with Crippen LogP contribution in [0.2, 0.25) is 0 Å². The van der Waals surface area contributed by atoms with Crippen LogP contribution < -0.4 is 0 Å². The van der Waals surface area contributed by atoms with Crippen molar-refractivity contribution < 1.29 is 4.74 Å². The minimum absolute atomic E-state index is 0.933. The maximum atomic E-state index is 6.34. The first-order chi connectivity index (χ1) is 28.2. The molecule has 4 nitrogen and oxygen atoms in total. The van der Waals surface area contributed by atoms with E-state index in [0.717, 1.165) is 13.2 Å². The van der Waals surface area contributed by atoms with Crippen LogP contribution in [0.3, 0.4) is 0 Å². The van der Waals surface area contributed by atoms with Crippen LogP contribution in [0.5, 0.6) is 0 Å². The van der Waals surface area contributed by atoms with Crippen LogP contribution >= 0.6 is 0 Å². The Balaban J connectivity index is 4.84. The molecule has 0 saturated carbocycles. The molecule has 0 bridgehead atoms. The van der Waals surface area contributed by atoms with Gasteiger partial charge in [-0.25, -0.2) is 0 Å². The van der Waals surface area contributed by atoms with Crippen LogP contribution in [0.25, 0.3) is 0 Å². The van der Waals surface area contributed by atoms with E-state index in [-0.39, 0.29) is 0 Å². The lowest BCUT2D eigenvalue weighted by atomic mass is 10.1. The molecular weight excluding hydrogens is 695 g/mol. The van der Waals surface area contributed by atoms with Gasteiger partial charge in [0.2, 0.25) is 0 Å². The van der Waals surface area contributed by atoms with Gasteiger partial charge in [-0.1, -0.05) is 227 Å². The zero-order valence-corrected chi connectivity index (χ0v) is 40.7. The van der Waals surface area contributed by atoms with Crippen molar-refractivity contribution in [1.82, 2.24) is 14.7 Å². The summed E-state index contributed by atoms with van der Waals surface area (Å²) >= 11 is 0. The summed E-state index contributed by atoms with van der Waals surface area (Å²) < 4.78 is 6.34. The molecule has 0 atom stereocenters. The fourth-order valence-electron chi connectivity index (χ4n) is 8.63. The zero-order chi connectivity index (χ0) is 41.4. The molecule has 57 heavy (non-hydrogen) atoms. The van der Waals surface area contributed by atoms with Crippen molar-refractivity contribution in [2.75, 3.05) is 72.1 Å². The summed E-state index contributed by atoms with van der Waals surface area (Å²) in [6.45, 7) is 24.9. The number of nitrogens with zero attached hydrogens (tertiary/aromatic N) is 3. The fourth-order valence-corrected chi connectivity index (χ4v) is 8.63. The summed E-state index contributed by atoms with van der Waals surface area (Å²) in [5.74, 6) is 0. The fraction of sp³-hybridized carbons (Fsp3) is 1.00. The van der Waals surface area contributed by atoms with Crippen molar-refractivity contribution in [3.63, 3.8) is 0 Å². The standard InChI is InChI=1S/C53H111N3O/c1-6-11-16-21-26-31-36-43-54(44-37-32-27-22-17-12-7-2)48-41-52-57-53-42-49-56(47-40-35-30-25-20-15-10-5)51-50-55(45-38-33-28-23-18-13-8-3)46-39-34-29-24-19-14-9-4/h6-53H2,1-5H3. The number of ether oxygens (including phenoxy) is 1. The summed E-state index contributed by atoms with van der Waals surface area (Å²) in [6.07, 6.45) is 51.7. The van der Waals surface area contributed by atoms with Gasteiger partial charge in [-0.3, -0.25) is 0 Å². The van der Waals surface area contributed by atoms with Crippen molar-refractivity contribution in [3.05, 3.63) is 0 Å². The molecule has 0 heterocycles. The monoisotopic (exact) mass is 806 g/mol. The van der Waals surface area contributed by atoms with E-state index in [4.69, 9.17) is 4.74 Å².